The molecule has 2 N–H and O–H groups in total. The smallest absolute Gasteiger partial charge is 0.227 e. The second-order valence-electron chi connectivity index (χ2n) is 7.12. The lowest BCUT2D eigenvalue weighted by Crippen LogP contribution is -2.25. The van der Waals surface area contributed by atoms with Gasteiger partial charge in [-0.2, -0.15) is 5.10 Å². The Morgan fingerprint density at radius 1 is 1.19 bits per heavy atom. The zero-order valence-corrected chi connectivity index (χ0v) is 19.7. The quantitative estimate of drug-likeness (QED) is 0.346. The number of halogens is 2. The molecule has 0 aliphatic carbocycles. The van der Waals surface area contributed by atoms with Crippen molar-refractivity contribution in [2.75, 3.05) is 18.5 Å². The molecule has 1 amide bonds. The second-order valence-corrected chi connectivity index (χ2v) is 8.45. The Kier molecular flexibility index (Phi) is 6.57. The summed E-state index contributed by atoms with van der Waals surface area (Å²) in [6.07, 6.45) is 5.42. The van der Waals surface area contributed by atoms with Crippen LogP contribution in [0, 0.1) is 0 Å². The Hall–Kier alpha value is -3.17. The highest BCUT2D eigenvalue weighted by atomic mass is 79.9. The van der Waals surface area contributed by atoms with Gasteiger partial charge in [0.1, 0.15) is 12.4 Å². The Morgan fingerprint density at radius 2 is 2.03 bits per heavy atom. The number of carbonyl (C=O) groups is 1. The number of nitrogens with zero attached hydrogens (tertiary/aromatic N) is 4. The molecule has 32 heavy (non-hydrogen) atoms. The van der Waals surface area contributed by atoms with Gasteiger partial charge in [0, 0.05) is 53.5 Å². The monoisotopic (exact) mass is 514 g/mol. The van der Waals surface area contributed by atoms with Crippen LogP contribution in [0.15, 0.2) is 53.4 Å². The minimum Gasteiger partial charge on any atom is -0.492 e. The number of ether oxygens (including phenoxy) is 1. The van der Waals surface area contributed by atoms with Crippen LogP contribution in [-0.4, -0.2) is 38.8 Å². The molecule has 0 spiro atoms. The van der Waals surface area contributed by atoms with E-state index in [0.717, 1.165) is 26.7 Å². The number of nitrogens with one attached hydrogen (secondary N) is 2. The number of rotatable bonds is 7. The predicted molar refractivity (Wildman–Crippen MR) is 128 cm³/mol. The van der Waals surface area contributed by atoms with Crippen LogP contribution in [0.1, 0.15) is 6.92 Å². The number of hydrogen-bond acceptors (Lipinski definition) is 6. The molecule has 0 fully saturated rings. The second kappa shape index (κ2) is 9.54. The van der Waals surface area contributed by atoms with Crippen molar-refractivity contribution < 1.29 is 9.53 Å². The van der Waals surface area contributed by atoms with E-state index in [0.29, 0.717) is 35.4 Å². The topological polar surface area (TPSA) is 94.0 Å². The molecule has 4 rings (SSSR count). The fourth-order valence-electron chi connectivity index (χ4n) is 3.14. The van der Waals surface area contributed by atoms with Gasteiger partial charge in [-0.05, 0) is 29.8 Å². The first-order valence-corrected chi connectivity index (χ1v) is 10.9. The van der Waals surface area contributed by atoms with E-state index in [1.165, 1.54) is 6.92 Å². The largest absolute Gasteiger partial charge is 0.492 e. The van der Waals surface area contributed by atoms with Gasteiger partial charge in [0.25, 0.3) is 0 Å². The SMILES string of the molecule is CC(=O)NCCOc1cc(Nc2ncc3cc(Br)cc(Cl)c3n2)cc(-c2cnn(C)c2)c1. The average molecular weight is 516 g/mol. The number of benzene rings is 2. The minimum atomic E-state index is -0.0980. The molecule has 0 saturated heterocycles. The molecule has 2 aromatic heterocycles. The van der Waals surface area contributed by atoms with Gasteiger partial charge in [-0.1, -0.05) is 27.5 Å². The van der Waals surface area contributed by atoms with Gasteiger partial charge in [0.05, 0.1) is 23.3 Å². The Morgan fingerprint density at radius 3 is 2.78 bits per heavy atom. The lowest BCUT2D eigenvalue weighted by molar-refractivity contribution is -0.119. The molecule has 2 aromatic carbocycles. The van der Waals surface area contributed by atoms with Gasteiger partial charge in [0.2, 0.25) is 11.9 Å². The lowest BCUT2D eigenvalue weighted by Gasteiger charge is -2.12. The Labute approximate surface area is 198 Å². The van der Waals surface area contributed by atoms with Crippen molar-refractivity contribution in [1.82, 2.24) is 25.1 Å². The van der Waals surface area contributed by atoms with Gasteiger partial charge in [-0.15, -0.1) is 0 Å². The van der Waals surface area contributed by atoms with Crippen LogP contribution >= 0.6 is 27.5 Å². The number of hydrogen-bond donors (Lipinski definition) is 2. The molecule has 4 aromatic rings. The molecule has 0 aliphatic rings. The van der Waals surface area contributed by atoms with Gasteiger partial charge in [-0.25, -0.2) is 9.97 Å². The van der Waals surface area contributed by atoms with Crippen molar-refractivity contribution >= 4 is 56.0 Å². The number of carbonyl (C=O) groups excluding carboxylic acids is 1. The number of fused-ring (bicyclic) bond motifs is 1. The van der Waals surface area contributed by atoms with Crippen LogP contribution < -0.4 is 15.4 Å². The Balaban J connectivity index is 1.63. The average Bonchev–Trinajstić information content (AvgIpc) is 3.18. The third-order valence-corrected chi connectivity index (χ3v) is 5.29. The standard InChI is InChI=1S/C22H20BrClN6O2/c1-13(31)25-3-4-32-19-7-14(16-11-27-30(2)12-16)6-18(9-19)28-22-26-10-15-5-17(23)8-20(24)21(15)29-22/h5-12H,3-4H2,1-2H3,(H,25,31)(H,26,28,29). The first kappa shape index (κ1) is 22.0. The summed E-state index contributed by atoms with van der Waals surface area (Å²) in [7, 11) is 1.86. The molecular weight excluding hydrogens is 496 g/mol. The van der Waals surface area contributed by atoms with E-state index in [4.69, 9.17) is 16.3 Å². The molecule has 0 radical (unpaired) electrons. The molecule has 0 bridgehead atoms. The van der Waals surface area contributed by atoms with E-state index in [1.807, 2.05) is 37.5 Å². The van der Waals surface area contributed by atoms with Crippen molar-refractivity contribution in [2.45, 2.75) is 6.92 Å². The van der Waals surface area contributed by atoms with Crippen molar-refractivity contribution in [1.29, 1.82) is 0 Å². The molecule has 2 heterocycles. The first-order valence-electron chi connectivity index (χ1n) is 9.77. The molecule has 10 heteroatoms. The van der Waals surface area contributed by atoms with Crippen LogP contribution in [0.3, 0.4) is 0 Å². The summed E-state index contributed by atoms with van der Waals surface area (Å²) in [6, 6.07) is 9.45. The van der Waals surface area contributed by atoms with Gasteiger partial charge >= 0.3 is 0 Å². The maximum absolute atomic E-state index is 11.1. The van der Waals surface area contributed by atoms with Crippen LogP contribution in [0.2, 0.25) is 5.02 Å². The number of aromatic nitrogens is 4. The summed E-state index contributed by atoms with van der Waals surface area (Å²) in [5, 5.41) is 11.6. The lowest BCUT2D eigenvalue weighted by atomic mass is 10.1. The van der Waals surface area contributed by atoms with E-state index in [9.17, 15) is 4.79 Å². The summed E-state index contributed by atoms with van der Waals surface area (Å²) in [6.45, 7) is 2.23. The van der Waals surface area contributed by atoms with Gasteiger partial charge < -0.3 is 15.4 Å². The molecule has 0 atom stereocenters. The molecule has 164 valence electrons. The van der Waals surface area contributed by atoms with Gasteiger partial charge in [-0.3, -0.25) is 9.48 Å². The highest BCUT2D eigenvalue weighted by Crippen LogP contribution is 2.31. The zero-order valence-electron chi connectivity index (χ0n) is 17.4. The van der Waals surface area contributed by atoms with E-state index in [1.54, 1.807) is 23.1 Å². The third-order valence-electron chi connectivity index (χ3n) is 4.55. The maximum Gasteiger partial charge on any atom is 0.227 e. The van der Waals surface area contributed by atoms with E-state index < -0.39 is 0 Å². The van der Waals surface area contributed by atoms with E-state index >= 15 is 0 Å². The maximum atomic E-state index is 11.1. The molecular formula is C22H20BrClN6O2. The summed E-state index contributed by atoms with van der Waals surface area (Å²) in [5.74, 6) is 0.954. The van der Waals surface area contributed by atoms with Crippen LogP contribution in [0.5, 0.6) is 5.75 Å². The van der Waals surface area contributed by atoms with Crippen molar-refractivity contribution in [3.8, 4) is 16.9 Å². The number of amides is 1. The summed E-state index contributed by atoms with van der Waals surface area (Å²) in [5.41, 5.74) is 3.26. The van der Waals surface area contributed by atoms with Crippen LogP contribution in [0.25, 0.3) is 22.0 Å². The molecule has 0 unspecified atom stereocenters. The third kappa shape index (κ3) is 5.35. The highest BCUT2D eigenvalue weighted by Gasteiger charge is 2.10. The Bertz CT molecular complexity index is 1290. The number of aryl methyl sites for hydroxylation is 1. The van der Waals surface area contributed by atoms with E-state index in [2.05, 4.69) is 41.6 Å². The summed E-state index contributed by atoms with van der Waals surface area (Å²) < 4.78 is 8.46. The molecule has 0 saturated carbocycles. The summed E-state index contributed by atoms with van der Waals surface area (Å²) in [4.78, 5) is 20.0. The minimum absolute atomic E-state index is 0.0980. The zero-order chi connectivity index (χ0) is 22.7. The van der Waals surface area contributed by atoms with Gasteiger partial charge in [0.15, 0.2) is 0 Å². The van der Waals surface area contributed by atoms with Crippen LogP contribution in [0.4, 0.5) is 11.6 Å². The van der Waals surface area contributed by atoms with Crippen molar-refractivity contribution in [2.24, 2.45) is 7.05 Å². The normalized spacial score (nSPS) is 10.9. The number of anilines is 2. The van der Waals surface area contributed by atoms with E-state index in [-0.39, 0.29) is 5.91 Å². The van der Waals surface area contributed by atoms with Crippen LogP contribution in [-0.2, 0) is 11.8 Å². The molecule has 8 nitrogen and oxygen atoms in total. The fraction of sp³-hybridized carbons (Fsp3) is 0.182. The van der Waals surface area contributed by atoms with Crippen molar-refractivity contribution in [3.05, 3.63) is 58.4 Å². The van der Waals surface area contributed by atoms with Crippen molar-refractivity contribution in [3.63, 3.8) is 0 Å². The summed E-state index contributed by atoms with van der Waals surface area (Å²) >= 11 is 9.79. The first-order chi connectivity index (χ1) is 15.4. The molecule has 0 aliphatic heterocycles. The highest BCUT2D eigenvalue weighted by molar-refractivity contribution is 9.10. The predicted octanol–water partition coefficient (Wildman–Crippen LogP) is 4.70. The fourth-order valence-corrected chi connectivity index (χ4v) is 4.02.